The third-order valence-electron chi connectivity index (χ3n) is 2.96. The molecule has 82 valence electrons. The molecule has 0 amide bonds. The third-order valence-corrected chi connectivity index (χ3v) is 2.96. The molecule has 14 heavy (non-hydrogen) atoms. The Bertz CT molecular complexity index is 161. The molecule has 0 N–H and O–H groups in total. The van der Waals surface area contributed by atoms with E-state index in [9.17, 15) is 0 Å². The van der Waals surface area contributed by atoms with Crippen molar-refractivity contribution in [1.29, 1.82) is 0 Å². The molecule has 1 rings (SSSR count). The molecule has 2 nitrogen and oxygen atoms in total. The number of hydrogen-bond acceptors (Lipinski definition) is 2. The van der Waals surface area contributed by atoms with Crippen LogP contribution in [-0.2, 0) is 9.31 Å². The van der Waals surface area contributed by atoms with Crippen molar-refractivity contribution >= 4 is 7.12 Å². The first-order valence-electron chi connectivity index (χ1n) is 5.92. The minimum absolute atomic E-state index is 0.0166. The van der Waals surface area contributed by atoms with E-state index >= 15 is 0 Å². The van der Waals surface area contributed by atoms with Crippen LogP contribution in [0.5, 0.6) is 0 Å². The maximum Gasteiger partial charge on any atom is 0.459 e. The van der Waals surface area contributed by atoms with Gasteiger partial charge in [0.15, 0.2) is 0 Å². The van der Waals surface area contributed by atoms with E-state index in [2.05, 4.69) is 27.7 Å². The first-order valence-corrected chi connectivity index (χ1v) is 5.92. The zero-order valence-corrected chi connectivity index (χ0v) is 9.95. The highest BCUT2D eigenvalue weighted by Gasteiger charge is 2.34. The molecule has 1 fully saturated rings. The van der Waals surface area contributed by atoms with Gasteiger partial charge < -0.3 is 9.31 Å². The van der Waals surface area contributed by atoms with Gasteiger partial charge in [-0.1, -0.05) is 33.6 Å². The van der Waals surface area contributed by atoms with E-state index in [0.29, 0.717) is 17.8 Å². The van der Waals surface area contributed by atoms with Crippen LogP contribution in [0, 0.1) is 5.92 Å². The summed E-state index contributed by atoms with van der Waals surface area (Å²) in [6.07, 6.45) is 4.15. The van der Waals surface area contributed by atoms with E-state index in [1.165, 1.54) is 19.3 Å². The summed E-state index contributed by atoms with van der Waals surface area (Å²) < 4.78 is 11.5. The summed E-state index contributed by atoms with van der Waals surface area (Å²) in [6, 6.07) is 0. The Labute approximate surface area is 88.5 Å². The van der Waals surface area contributed by atoms with Crippen molar-refractivity contribution in [2.75, 3.05) is 6.61 Å². The predicted octanol–water partition coefficient (Wildman–Crippen LogP) is 3.13. The molecule has 0 radical (unpaired) electrons. The second-order valence-corrected chi connectivity index (χ2v) is 4.69. The largest absolute Gasteiger partial charge is 0.459 e. The average Bonchev–Trinajstić information content (AvgIpc) is 2.15. The molecule has 0 aromatic carbocycles. The van der Waals surface area contributed by atoms with Crippen molar-refractivity contribution in [3.05, 3.63) is 0 Å². The van der Waals surface area contributed by atoms with E-state index in [-0.39, 0.29) is 7.12 Å². The van der Waals surface area contributed by atoms with Gasteiger partial charge in [0, 0.05) is 18.6 Å². The van der Waals surface area contributed by atoms with Crippen LogP contribution in [0.3, 0.4) is 0 Å². The highest BCUT2D eigenvalue weighted by atomic mass is 16.6. The summed E-state index contributed by atoms with van der Waals surface area (Å²) in [4.78, 5) is 0. The molecule has 2 atom stereocenters. The van der Waals surface area contributed by atoms with Crippen LogP contribution in [0.25, 0.3) is 0 Å². The fourth-order valence-electron chi connectivity index (χ4n) is 1.85. The van der Waals surface area contributed by atoms with Gasteiger partial charge in [0.05, 0.1) is 0 Å². The van der Waals surface area contributed by atoms with Crippen molar-refractivity contribution in [1.82, 2.24) is 0 Å². The van der Waals surface area contributed by atoms with Crippen molar-refractivity contribution in [2.24, 2.45) is 5.92 Å². The van der Waals surface area contributed by atoms with Crippen LogP contribution >= 0.6 is 0 Å². The highest BCUT2D eigenvalue weighted by Crippen LogP contribution is 2.25. The van der Waals surface area contributed by atoms with Crippen LogP contribution in [0.15, 0.2) is 0 Å². The average molecular weight is 198 g/mol. The second kappa shape index (κ2) is 5.77. The fourth-order valence-corrected chi connectivity index (χ4v) is 1.85. The van der Waals surface area contributed by atoms with Crippen LogP contribution in [0.1, 0.15) is 47.0 Å². The van der Waals surface area contributed by atoms with Gasteiger partial charge in [-0.3, -0.25) is 0 Å². The SMILES string of the molecule is CCCC[C@H]1COB(C(C)C)O[C@H]1C. The fraction of sp³-hybridized carbons (Fsp3) is 1.00. The van der Waals surface area contributed by atoms with Crippen LogP contribution in [0.2, 0.25) is 5.82 Å². The molecule has 0 unspecified atom stereocenters. The molecule has 1 aliphatic rings. The van der Waals surface area contributed by atoms with Gasteiger partial charge >= 0.3 is 7.12 Å². The Morgan fingerprint density at radius 3 is 2.64 bits per heavy atom. The molecular formula is C11H23BO2. The molecule has 0 saturated carbocycles. The quantitative estimate of drug-likeness (QED) is 0.646. The van der Waals surface area contributed by atoms with E-state index < -0.39 is 0 Å². The van der Waals surface area contributed by atoms with E-state index in [1.807, 2.05) is 0 Å². The lowest BCUT2D eigenvalue weighted by Crippen LogP contribution is -2.42. The Morgan fingerprint density at radius 2 is 2.14 bits per heavy atom. The zero-order valence-electron chi connectivity index (χ0n) is 9.95. The van der Waals surface area contributed by atoms with Crippen molar-refractivity contribution in [3.8, 4) is 0 Å². The number of hydrogen-bond donors (Lipinski definition) is 0. The summed E-state index contributed by atoms with van der Waals surface area (Å²) in [5.41, 5.74) is 0. The first-order chi connectivity index (χ1) is 6.65. The van der Waals surface area contributed by atoms with Crippen LogP contribution < -0.4 is 0 Å². The number of unbranched alkanes of at least 4 members (excludes halogenated alkanes) is 1. The lowest BCUT2D eigenvalue weighted by atomic mass is 9.72. The van der Waals surface area contributed by atoms with Gasteiger partial charge in [-0.05, 0) is 19.2 Å². The minimum atomic E-state index is 0.0166. The normalized spacial score (nSPS) is 28.5. The Morgan fingerprint density at radius 1 is 1.43 bits per heavy atom. The topological polar surface area (TPSA) is 18.5 Å². The van der Waals surface area contributed by atoms with Gasteiger partial charge in [0.1, 0.15) is 0 Å². The maximum atomic E-state index is 5.84. The lowest BCUT2D eigenvalue weighted by Gasteiger charge is -2.34. The smallest absolute Gasteiger partial charge is 0.411 e. The first kappa shape index (κ1) is 12.1. The Kier molecular flexibility index (Phi) is 4.97. The summed E-state index contributed by atoms with van der Waals surface area (Å²) in [5, 5.41) is 0. The molecule has 1 heterocycles. The number of rotatable bonds is 4. The molecule has 1 saturated heterocycles. The highest BCUT2D eigenvalue weighted by molar-refractivity contribution is 6.46. The molecule has 0 aliphatic carbocycles. The van der Waals surface area contributed by atoms with Gasteiger partial charge in [-0.25, -0.2) is 0 Å². The molecule has 0 aromatic rings. The summed E-state index contributed by atoms with van der Waals surface area (Å²) in [6.45, 7) is 9.57. The summed E-state index contributed by atoms with van der Waals surface area (Å²) in [5.74, 6) is 1.06. The third kappa shape index (κ3) is 3.28. The van der Waals surface area contributed by atoms with E-state index in [0.717, 1.165) is 6.61 Å². The van der Waals surface area contributed by atoms with E-state index in [4.69, 9.17) is 9.31 Å². The maximum absolute atomic E-state index is 5.84. The molecule has 0 spiro atoms. The summed E-state index contributed by atoms with van der Waals surface area (Å²) in [7, 11) is 0.0166. The van der Waals surface area contributed by atoms with Crippen LogP contribution in [-0.4, -0.2) is 19.8 Å². The minimum Gasteiger partial charge on any atom is -0.411 e. The Hall–Kier alpha value is -0.0151. The van der Waals surface area contributed by atoms with Crippen molar-refractivity contribution < 1.29 is 9.31 Å². The molecule has 0 aromatic heterocycles. The monoisotopic (exact) mass is 198 g/mol. The molecule has 3 heteroatoms. The van der Waals surface area contributed by atoms with Crippen molar-refractivity contribution in [2.45, 2.75) is 58.9 Å². The van der Waals surface area contributed by atoms with Crippen molar-refractivity contribution in [3.63, 3.8) is 0 Å². The standard InChI is InChI=1S/C11H23BO2/c1-5-6-7-11-8-13-12(9(2)3)14-10(11)4/h9-11H,5-8H2,1-4H3/t10-,11-/m0/s1. The van der Waals surface area contributed by atoms with Gasteiger partial charge in [0.25, 0.3) is 0 Å². The Balaban J connectivity index is 2.32. The lowest BCUT2D eigenvalue weighted by molar-refractivity contribution is 0.0152. The van der Waals surface area contributed by atoms with Crippen LogP contribution in [0.4, 0.5) is 0 Å². The van der Waals surface area contributed by atoms with Gasteiger partial charge in [-0.15, -0.1) is 0 Å². The zero-order chi connectivity index (χ0) is 10.6. The van der Waals surface area contributed by atoms with Gasteiger partial charge in [-0.2, -0.15) is 0 Å². The molecule has 0 bridgehead atoms. The second-order valence-electron chi connectivity index (χ2n) is 4.69. The summed E-state index contributed by atoms with van der Waals surface area (Å²) >= 11 is 0. The predicted molar refractivity (Wildman–Crippen MR) is 60.4 cm³/mol. The molecular weight excluding hydrogens is 175 g/mol. The van der Waals surface area contributed by atoms with E-state index in [1.54, 1.807) is 0 Å². The van der Waals surface area contributed by atoms with Gasteiger partial charge in [0.2, 0.25) is 0 Å². The molecule has 1 aliphatic heterocycles.